The molecule has 0 aliphatic rings. The topological polar surface area (TPSA) is 45.8 Å². The number of carbonyl (C=O) groups excluding carboxylic acids is 1. The largest absolute Gasteiger partial charge is 0.348 e. The van der Waals surface area contributed by atoms with Crippen molar-refractivity contribution in [2.24, 2.45) is 0 Å². The summed E-state index contributed by atoms with van der Waals surface area (Å²) in [6, 6.07) is 5.03. The number of carbonyl (C=O) groups is 1. The lowest BCUT2D eigenvalue weighted by atomic mass is 10.00. The number of hydrogen-bond donors (Lipinski definition) is 1. The molecule has 0 aliphatic heterocycles. The van der Waals surface area contributed by atoms with Gasteiger partial charge in [0.2, 0.25) is 0 Å². The molecule has 1 N–H and O–H groups in total. The van der Waals surface area contributed by atoms with Crippen LogP contribution in [-0.4, -0.2) is 16.3 Å². The van der Waals surface area contributed by atoms with Crippen LogP contribution in [0.2, 0.25) is 10.0 Å². The van der Waals surface area contributed by atoms with Gasteiger partial charge in [0, 0.05) is 22.4 Å². The van der Waals surface area contributed by atoms with Crippen molar-refractivity contribution in [1.29, 1.82) is 0 Å². The number of rotatable bonds is 3. The Kier molecular flexibility index (Phi) is 3.27. The summed E-state index contributed by atoms with van der Waals surface area (Å²) in [5.41, 5.74) is 0.691. The first kappa shape index (κ1) is 11.2. The molecule has 3 nitrogen and oxygen atoms in total. The van der Waals surface area contributed by atoms with Crippen molar-refractivity contribution in [2.45, 2.75) is 5.92 Å². The number of benzene rings is 1. The third-order valence-corrected chi connectivity index (χ3v) is 2.81. The van der Waals surface area contributed by atoms with Crippen LogP contribution in [0.5, 0.6) is 0 Å². The van der Waals surface area contributed by atoms with Crippen LogP contribution in [0.15, 0.2) is 30.6 Å². The summed E-state index contributed by atoms with van der Waals surface area (Å²) >= 11 is 11.8. The monoisotopic (exact) mass is 254 g/mol. The first-order valence-electron chi connectivity index (χ1n) is 4.62. The number of nitrogens with zero attached hydrogens (tertiary/aromatic N) is 1. The molecule has 2 rings (SSSR count). The molecule has 1 aromatic heterocycles. The van der Waals surface area contributed by atoms with Gasteiger partial charge in [0.25, 0.3) is 0 Å². The Bertz CT molecular complexity index is 497. The molecule has 5 heteroatoms. The van der Waals surface area contributed by atoms with E-state index in [0.717, 1.165) is 6.29 Å². The van der Waals surface area contributed by atoms with E-state index < -0.39 is 5.92 Å². The van der Waals surface area contributed by atoms with Crippen LogP contribution in [0.1, 0.15) is 17.3 Å². The summed E-state index contributed by atoms with van der Waals surface area (Å²) < 4.78 is 0. The van der Waals surface area contributed by atoms with Crippen molar-refractivity contribution in [1.82, 2.24) is 9.97 Å². The normalized spacial score (nSPS) is 12.4. The van der Waals surface area contributed by atoms with Crippen molar-refractivity contribution in [2.75, 3.05) is 0 Å². The Morgan fingerprint density at radius 1 is 1.38 bits per heavy atom. The third kappa shape index (κ3) is 2.10. The fourth-order valence-corrected chi connectivity index (χ4v) is 2.01. The highest BCUT2D eigenvalue weighted by Crippen LogP contribution is 2.29. The molecule has 0 fully saturated rings. The second kappa shape index (κ2) is 4.68. The fraction of sp³-hybridized carbons (Fsp3) is 0.0909. The SMILES string of the molecule is O=CC(c1ncc[nH]1)c1ccc(Cl)cc1Cl. The zero-order valence-corrected chi connectivity index (χ0v) is 9.66. The van der Waals surface area contributed by atoms with E-state index in [9.17, 15) is 4.79 Å². The van der Waals surface area contributed by atoms with Crippen LogP contribution in [0, 0.1) is 0 Å². The van der Waals surface area contributed by atoms with Gasteiger partial charge in [-0.2, -0.15) is 0 Å². The van der Waals surface area contributed by atoms with Crippen molar-refractivity contribution in [3.63, 3.8) is 0 Å². The number of H-pyrrole nitrogens is 1. The lowest BCUT2D eigenvalue weighted by Gasteiger charge is -2.10. The Balaban J connectivity index is 2.45. The van der Waals surface area contributed by atoms with Gasteiger partial charge in [-0.05, 0) is 17.7 Å². The lowest BCUT2D eigenvalue weighted by Crippen LogP contribution is -2.05. The fourth-order valence-electron chi connectivity index (χ4n) is 1.49. The van der Waals surface area contributed by atoms with Gasteiger partial charge in [-0.15, -0.1) is 0 Å². The zero-order chi connectivity index (χ0) is 11.5. The Hall–Kier alpha value is -1.32. The van der Waals surface area contributed by atoms with Gasteiger partial charge in [-0.1, -0.05) is 29.3 Å². The minimum atomic E-state index is -0.486. The quantitative estimate of drug-likeness (QED) is 0.856. The summed E-state index contributed by atoms with van der Waals surface area (Å²) in [5, 5.41) is 0.999. The second-order valence-corrected chi connectivity index (χ2v) is 4.10. The maximum Gasteiger partial charge on any atom is 0.135 e. The van der Waals surface area contributed by atoms with Gasteiger partial charge >= 0.3 is 0 Å². The molecule has 0 saturated carbocycles. The first-order chi connectivity index (χ1) is 7.72. The number of aromatic amines is 1. The Morgan fingerprint density at radius 2 is 2.19 bits per heavy atom. The van der Waals surface area contributed by atoms with Crippen LogP contribution in [0.4, 0.5) is 0 Å². The first-order valence-corrected chi connectivity index (χ1v) is 5.37. The third-order valence-electron chi connectivity index (χ3n) is 2.25. The van der Waals surface area contributed by atoms with E-state index in [0.29, 0.717) is 21.4 Å². The predicted molar refractivity (Wildman–Crippen MR) is 63.0 cm³/mol. The standard InChI is InChI=1S/C11H8Cl2N2O/c12-7-1-2-8(10(13)5-7)9(6-16)11-14-3-4-15-11/h1-6,9H,(H,14,15). The summed E-state index contributed by atoms with van der Waals surface area (Å²) in [6.07, 6.45) is 4.05. The van der Waals surface area contributed by atoms with Crippen LogP contribution in [0.3, 0.4) is 0 Å². The smallest absolute Gasteiger partial charge is 0.135 e. The predicted octanol–water partition coefficient (Wildman–Crippen LogP) is 3.05. The highest BCUT2D eigenvalue weighted by molar-refractivity contribution is 6.35. The van der Waals surface area contributed by atoms with Crippen molar-refractivity contribution < 1.29 is 4.79 Å². The summed E-state index contributed by atoms with van der Waals surface area (Å²) in [4.78, 5) is 18.0. The Morgan fingerprint density at radius 3 is 2.75 bits per heavy atom. The number of halogens is 2. The number of hydrogen-bond acceptors (Lipinski definition) is 2. The zero-order valence-electron chi connectivity index (χ0n) is 8.15. The van der Waals surface area contributed by atoms with E-state index in [-0.39, 0.29) is 0 Å². The van der Waals surface area contributed by atoms with E-state index in [2.05, 4.69) is 9.97 Å². The van der Waals surface area contributed by atoms with E-state index in [1.54, 1.807) is 30.6 Å². The van der Waals surface area contributed by atoms with E-state index in [1.807, 2.05) is 0 Å². The second-order valence-electron chi connectivity index (χ2n) is 3.25. The molecule has 82 valence electrons. The van der Waals surface area contributed by atoms with Crippen LogP contribution in [-0.2, 0) is 4.79 Å². The molecule has 0 spiro atoms. The number of aromatic nitrogens is 2. The molecule has 0 saturated heterocycles. The molecule has 0 aliphatic carbocycles. The molecule has 0 amide bonds. The maximum absolute atomic E-state index is 11.1. The summed E-state index contributed by atoms with van der Waals surface area (Å²) in [6.45, 7) is 0. The van der Waals surface area contributed by atoms with Crippen molar-refractivity contribution >= 4 is 29.5 Å². The van der Waals surface area contributed by atoms with E-state index in [1.165, 1.54) is 0 Å². The average Bonchev–Trinajstić information content (AvgIpc) is 2.75. The molecule has 1 atom stereocenters. The highest BCUT2D eigenvalue weighted by atomic mass is 35.5. The molecule has 1 aromatic carbocycles. The number of imidazole rings is 1. The van der Waals surface area contributed by atoms with E-state index in [4.69, 9.17) is 23.2 Å². The molecule has 0 bridgehead atoms. The van der Waals surface area contributed by atoms with Gasteiger partial charge in [0.15, 0.2) is 0 Å². The van der Waals surface area contributed by atoms with Gasteiger partial charge in [0.05, 0.1) is 5.92 Å². The molecule has 1 heterocycles. The minimum absolute atomic E-state index is 0.459. The van der Waals surface area contributed by atoms with Crippen LogP contribution < -0.4 is 0 Å². The van der Waals surface area contributed by atoms with Crippen molar-refractivity contribution in [3.05, 3.63) is 52.0 Å². The summed E-state index contributed by atoms with van der Waals surface area (Å²) in [7, 11) is 0. The average molecular weight is 255 g/mol. The van der Waals surface area contributed by atoms with Gasteiger partial charge in [-0.3, -0.25) is 0 Å². The lowest BCUT2D eigenvalue weighted by molar-refractivity contribution is -0.108. The van der Waals surface area contributed by atoms with Gasteiger partial charge < -0.3 is 9.78 Å². The molecule has 16 heavy (non-hydrogen) atoms. The molecule has 2 aromatic rings. The minimum Gasteiger partial charge on any atom is -0.348 e. The maximum atomic E-state index is 11.1. The Labute approximate surface area is 102 Å². The molecular weight excluding hydrogens is 247 g/mol. The number of nitrogens with one attached hydrogen (secondary N) is 1. The molecule has 1 unspecified atom stereocenters. The van der Waals surface area contributed by atoms with E-state index >= 15 is 0 Å². The van der Waals surface area contributed by atoms with Gasteiger partial charge in [0.1, 0.15) is 12.1 Å². The molecular formula is C11H8Cl2N2O. The highest BCUT2D eigenvalue weighted by Gasteiger charge is 2.18. The van der Waals surface area contributed by atoms with Gasteiger partial charge in [-0.25, -0.2) is 4.98 Å². The van der Waals surface area contributed by atoms with Crippen molar-refractivity contribution in [3.8, 4) is 0 Å². The summed E-state index contributed by atoms with van der Waals surface area (Å²) in [5.74, 6) is 0.0824. The van der Waals surface area contributed by atoms with Crippen LogP contribution >= 0.6 is 23.2 Å². The molecule has 0 radical (unpaired) electrons. The van der Waals surface area contributed by atoms with Crippen LogP contribution in [0.25, 0.3) is 0 Å². The number of aldehydes is 1.